The molecule has 2 fully saturated rings. The van der Waals surface area contributed by atoms with Crippen LogP contribution in [-0.4, -0.2) is 36.0 Å². The third-order valence-electron chi connectivity index (χ3n) is 5.02. The van der Waals surface area contributed by atoms with Crippen molar-refractivity contribution in [1.29, 1.82) is 0 Å². The molecule has 1 saturated carbocycles. The zero-order valence-electron chi connectivity index (χ0n) is 14.0. The van der Waals surface area contributed by atoms with Gasteiger partial charge in [0.25, 0.3) is 5.91 Å². The van der Waals surface area contributed by atoms with Crippen LogP contribution in [0.3, 0.4) is 0 Å². The lowest BCUT2D eigenvalue weighted by Crippen LogP contribution is -2.35. The first kappa shape index (κ1) is 19.4. The number of nitrogens with zero attached hydrogens (tertiary/aromatic N) is 1. The van der Waals surface area contributed by atoms with Gasteiger partial charge in [0.15, 0.2) is 0 Å². The third kappa shape index (κ3) is 4.16. The fourth-order valence-corrected chi connectivity index (χ4v) is 3.88. The molecule has 24 heavy (non-hydrogen) atoms. The summed E-state index contributed by atoms with van der Waals surface area (Å²) >= 11 is 6.13. The normalized spacial score (nSPS) is 24.0. The summed E-state index contributed by atoms with van der Waals surface area (Å²) in [6, 6.07) is 5.55. The number of halogens is 2. The number of carbonyl (C=O) groups excluding carboxylic acids is 1. The van der Waals surface area contributed by atoms with E-state index in [1.54, 1.807) is 12.1 Å². The van der Waals surface area contributed by atoms with Crippen LogP contribution >= 0.6 is 24.0 Å². The van der Waals surface area contributed by atoms with E-state index in [1.807, 2.05) is 11.0 Å². The lowest BCUT2D eigenvalue weighted by Gasteiger charge is -2.24. The van der Waals surface area contributed by atoms with Crippen molar-refractivity contribution >= 4 is 29.9 Å². The molecule has 4 nitrogen and oxygen atoms in total. The number of amides is 1. The number of carbonyl (C=O) groups is 1. The van der Waals surface area contributed by atoms with Gasteiger partial charge in [-0.15, -0.1) is 12.4 Å². The molecule has 0 radical (unpaired) electrons. The van der Waals surface area contributed by atoms with Gasteiger partial charge in [-0.1, -0.05) is 11.6 Å². The number of hydrogen-bond donors (Lipinski definition) is 1. The van der Waals surface area contributed by atoms with Crippen LogP contribution in [0.1, 0.15) is 49.4 Å². The van der Waals surface area contributed by atoms with E-state index in [-0.39, 0.29) is 30.5 Å². The lowest BCUT2D eigenvalue weighted by molar-refractivity contribution is 0.0736. The molecule has 1 heterocycles. The van der Waals surface area contributed by atoms with Gasteiger partial charge in [0, 0.05) is 17.6 Å². The Morgan fingerprint density at radius 3 is 2.71 bits per heavy atom. The molecule has 3 rings (SSSR count). The topological polar surface area (TPSA) is 55.6 Å². The van der Waals surface area contributed by atoms with Crippen LogP contribution in [0.2, 0.25) is 5.02 Å². The van der Waals surface area contributed by atoms with Crippen LogP contribution in [0.4, 0.5) is 0 Å². The van der Waals surface area contributed by atoms with Crippen molar-refractivity contribution in [3.63, 3.8) is 0 Å². The zero-order valence-corrected chi connectivity index (χ0v) is 15.6. The van der Waals surface area contributed by atoms with Crippen molar-refractivity contribution in [3.8, 4) is 5.75 Å². The SMILES string of the molecule is CC1CC(CN)CN1C(=O)c1cc(Cl)ccc1OC1CCCC1.Cl. The van der Waals surface area contributed by atoms with Crippen molar-refractivity contribution in [3.05, 3.63) is 28.8 Å². The molecule has 1 aliphatic carbocycles. The van der Waals surface area contributed by atoms with Crippen molar-refractivity contribution in [2.75, 3.05) is 13.1 Å². The highest BCUT2D eigenvalue weighted by Gasteiger charge is 2.33. The molecule has 2 aliphatic rings. The molecule has 6 heteroatoms. The maximum atomic E-state index is 13.0. The van der Waals surface area contributed by atoms with Gasteiger partial charge in [-0.05, 0) is 69.7 Å². The summed E-state index contributed by atoms with van der Waals surface area (Å²) in [5, 5.41) is 0.564. The van der Waals surface area contributed by atoms with Crippen LogP contribution < -0.4 is 10.5 Å². The standard InChI is InChI=1S/C18H25ClN2O2.ClH/c1-12-8-13(10-20)11-21(12)18(22)16-9-14(19)6-7-17(16)23-15-4-2-3-5-15;/h6-7,9,12-13,15H,2-5,8,10-11,20H2,1H3;1H. The molecule has 1 aromatic carbocycles. The Balaban J connectivity index is 0.00000208. The van der Waals surface area contributed by atoms with Crippen molar-refractivity contribution in [1.82, 2.24) is 4.90 Å². The smallest absolute Gasteiger partial charge is 0.257 e. The summed E-state index contributed by atoms with van der Waals surface area (Å²) < 4.78 is 6.10. The molecular weight excluding hydrogens is 347 g/mol. The number of hydrogen-bond acceptors (Lipinski definition) is 3. The fourth-order valence-electron chi connectivity index (χ4n) is 3.71. The Bertz CT molecular complexity index is 576. The van der Waals surface area contributed by atoms with E-state index >= 15 is 0 Å². The first-order valence-electron chi connectivity index (χ1n) is 8.55. The highest BCUT2D eigenvalue weighted by atomic mass is 35.5. The largest absolute Gasteiger partial charge is 0.490 e. The maximum Gasteiger partial charge on any atom is 0.257 e. The lowest BCUT2D eigenvalue weighted by atomic mass is 10.1. The molecule has 1 aliphatic heterocycles. The molecule has 2 unspecified atom stereocenters. The van der Waals surface area contributed by atoms with E-state index in [1.165, 1.54) is 12.8 Å². The van der Waals surface area contributed by atoms with Gasteiger partial charge in [0.2, 0.25) is 0 Å². The molecule has 2 N–H and O–H groups in total. The number of rotatable bonds is 4. The van der Waals surface area contributed by atoms with E-state index in [0.29, 0.717) is 35.3 Å². The van der Waals surface area contributed by atoms with Crippen molar-refractivity contribution < 1.29 is 9.53 Å². The average Bonchev–Trinajstić information content (AvgIpc) is 3.17. The Morgan fingerprint density at radius 2 is 2.08 bits per heavy atom. The van der Waals surface area contributed by atoms with E-state index in [4.69, 9.17) is 22.1 Å². The van der Waals surface area contributed by atoms with Gasteiger partial charge in [-0.2, -0.15) is 0 Å². The fraction of sp³-hybridized carbons (Fsp3) is 0.611. The number of ether oxygens (including phenoxy) is 1. The second kappa shape index (κ2) is 8.41. The zero-order chi connectivity index (χ0) is 16.4. The molecule has 1 amide bonds. The van der Waals surface area contributed by atoms with Gasteiger partial charge in [-0.25, -0.2) is 0 Å². The minimum atomic E-state index is 0. The van der Waals surface area contributed by atoms with E-state index in [0.717, 1.165) is 19.3 Å². The van der Waals surface area contributed by atoms with Gasteiger partial charge < -0.3 is 15.4 Å². The minimum Gasteiger partial charge on any atom is -0.490 e. The molecule has 1 aromatic rings. The van der Waals surface area contributed by atoms with Crippen LogP contribution in [0.5, 0.6) is 5.75 Å². The summed E-state index contributed by atoms with van der Waals surface area (Å²) in [7, 11) is 0. The number of likely N-dealkylation sites (tertiary alicyclic amines) is 1. The minimum absolute atomic E-state index is 0. The third-order valence-corrected chi connectivity index (χ3v) is 5.26. The Hall–Kier alpha value is -0.970. The van der Waals surface area contributed by atoms with Crippen molar-refractivity contribution in [2.45, 2.75) is 51.2 Å². The highest BCUT2D eigenvalue weighted by Crippen LogP contribution is 2.32. The quantitative estimate of drug-likeness (QED) is 0.871. The first-order chi connectivity index (χ1) is 11.1. The highest BCUT2D eigenvalue weighted by molar-refractivity contribution is 6.31. The molecule has 0 spiro atoms. The summed E-state index contributed by atoms with van der Waals surface area (Å²) in [6.45, 7) is 3.41. The Morgan fingerprint density at radius 1 is 1.38 bits per heavy atom. The maximum absolute atomic E-state index is 13.0. The van der Waals surface area contributed by atoms with Gasteiger partial charge in [0.1, 0.15) is 5.75 Å². The second-order valence-corrected chi connectivity index (χ2v) is 7.25. The predicted molar refractivity (Wildman–Crippen MR) is 99.2 cm³/mol. The summed E-state index contributed by atoms with van der Waals surface area (Å²) in [5.74, 6) is 1.05. The van der Waals surface area contributed by atoms with Crippen LogP contribution in [0.15, 0.2) is 18.2 Å². The molecule has 2 atom stereocenters. The van der Waals surface area contributed by atoms with Gasteiger partial charge in [-0.3, -0.25) is 4.79 Å². The van der Waals surface area contributed by atoms with Gasteiger partial charge >= 0.3 is 0 Å². The van der Waals surface area contributed by atoms with Crippen LogP contribution in [0, 0.1) is 5.92 Å². The van der Waals surface area contributed by atoms with E-state index in [2.05, 4.69) is 6.92 Å². The first-order valence-corrected chi connectivity index (χ1v) is 8.93. The molecular formula is C18H26Cl2N2O2. The van der Waals surface area contributed by atoms with Crippen molar-refractivity contribution in [2.24, 2.45) is 11.7 Å². The summed E-state index contributed by atoms with van der Waals surface area (Å²) in [5.41, 5.74) is 6.35. The van der Waals surface area contributed by atoms with E-state index < -0.39 is 0 Å². The predicted octanol–water partition coefficient (Wildman–Crippen LogP) is 3.89. The number of benzene rings is 1. The van der Waals surface area contributed by atoms with E-state index in [9.17, 15) is 4.79 Å². The monoisotopic (exact) mass is 372 g/mol. The molecule has 1 saturated heterocycles. The Labute approximate surface area is 155 Å². The summed E-state index contributed by atoms with van der Waals surface area (Å²) in [6.07, 6.45) is 5.69. The average molecular weight is 373 g/mol. The molecule has 0 aromatic heterocycles. The van der Waals surface area contributed by atoms with Crippen LogP contribution in [0.25, 0.3) is 0 Å². The second-order valence-electron chi connectivity index (χ2n) is 6.81. The van der Waals surface area contributed by atoms with Gasteiger partial charge in [0.05, 0.1) is 11.7 Å². The van der Waals surface area contributed by atoms with Crippen LogP contribution in [-0.2, 0) is 0 Å². The molecule has 134 valence electrons. The number of nitrogens with two attached hydrogens (primary N) is 1. The Kier molecular flexibility index (Phi) is 6.79. The molecule has 0 bridgehead atoms. The summed E-state index contributed by atoms with van der Waals surface area (Å²) in [4.78, 5) is 14.9.